The van der Waals surface area contributed by atoms with Gasteiger partial charge in [0.15, 0.2) is 0 Å². The Balaban J connectivity index is 2.56. The molecule has 4 N–H and O–H groups in total. The van der Waals surface area contributed by atoms with Crippen LogP contribution in [0, 0.1) is 6.92 Å². The van der Waals surface area contributed by atoms with Crippen LogP contribution in [0.3, 0.4) is 0 Å². The summed E-state index contributed by atoms with van der Waals surface area (Å²) in [6, 6.07) is 5.02. The van der Waals surface area contributed by atoms with Gasteiger partial charge in [-0.25, -0.2) is 4.98 Å². The summed E-state index contributed by atoms with van der Waals surface area (Å²) in [7, 11) is 0. The third-order valence-electron chi connectivity index (χ3n) is 2.47. The molecular formula is C12H12N4O. The number of nitrogens with two attached hydrogens (primary N) is 2. The van der Waals surface area contributed by atoms with Crippen LogP contribution in [0.1, 0.15) is 21.6 Å². The molecule has 5 heteroatoms. The van der Waals surface area contributed by atoms with Gasteiger partial charge in [-0.2, -0.15) is 0 Å². The first-order chi connectivity index (χ1) is 8.11. The van der Waals surface area contributed by atoms with Gasteiger partial charge in [-0.3, -0.25) is 9.78 Å². The first kappa shape index (κ1) is 11.1. The van der Waals surface area contributed by atoms with E-state index in [4.69, 9.17) is 11.5 Å². The van der Waals surface area contributed by atoms with E-state index in [1.807, 2.05) is 0 Å². The lowest BCUT2D eigenvalue weighted by Gasteiger charge is -2.08. The van der Waals surface area contributed by atoms with Crippen molar-refractivity contribution in [1.82, 2.24) is 9.97 Å². The van der Waals surface area contributed by atoms with E-state index in [1.165, 1.54) is 6.20 Å². The highest BCUT2D eigenvalue weighted by atomic mass is 16.1. The standard InChI is InChI=1S/C12H12N4O/c1-7-4-6-16-12(14)9(7)11(17)10-8(13)3-2-5-15-10/h2-6H,13H2,1H3,(H2,14,16). The second-order valence-electron chi connectivity index (χ2n) is 3.66. The Kier molecular flexibility index (Phi) is 2.74. The minimum absolute atomic E-state index is 0.194. The van der Waals surface area contributed by atoms with Gasteiger partial charge in [0.1, 0.15) is 11.5 Å². The first-order valence-electron chi connectivity index (χ1n) is 5.07. The number of rotatable bonds is 2. The fraction of sp³-hybridized carbons (Fsp3) is 0.0833. The van der Waals surface area contributed by atoms with Crippen molar-refractivity contribution in [2.75, 3.05) is 11.5 Å². The van der Waals surface area contributed by atoms with Crippen molar-refractivity contribution in [3.8, 4) is 0 Å². The fourth-order valence-corrected chi connectivity index (χ4v) is 1.60. The number of anilines is 2. The SMILES string of the molecule is Cc1ccnc(N)c1C(=O)c1ncccc1N. The second-order valence-corrected chi connectivity index (χ2v) is 3.66. The summed E-state index contributed by atoms with van der Waals surface area (Å²) in [6.45, 7) is 1.80. The van der Waals surface area contributed by atoms with E-state index in [-0.39, 0.29) is 17.3 Å². The van der Waals surface area contributed by atoms with Gasteiger partial charge in [-0.05, 0) is 30.7 Å². The molecule has 2 rings (SSSR count). The molecule has 17 heavy (non-hydrogen) atoms. The van der Waals surface area contributed by atoms with Crippen molar-refractivity contribution in [3.05, 3.63) is 47.4 Å². The number of carbonyl (C=O) groups is 1. The van der Waals surface area contributed by atoms with Crippen LogP contribution in [0.15, 0.2) is 30.6 Å². The average molecular weight is 228 g/mol. The van der Waals surface area contributed by atoms with Gasteiger partial charge >= 0.3 is 0 Å². The molecule has 2 aromatic rings. The summed E-state index contributed by atoms with van der Waals surface area (Å²) in [4.78, 5) is 20.1. The maximum Gasteiger partial charge on any atom is 0.217 e. The van der Waals surface area contributed by atoms with E-state index in [0.29, 0.717) is 11.3 Å². The molecule has 0 amide bonds. The Bertz CT molecular complexity index is 560. The second kappa shape index (κ2) is 4.21. The van der Waals surface area contributed by atoms with Gasteiger partial charge in [0.2, 0.25) is 5.78 Å². The van der Waals surface area contributed by atoms with Crippen molar-refractivity contribution in [1.29, 1.82) is 0 Å². The van der Waals surface area contributed by atoms with Crippen LogP contribution in [0.25, 0.3) is 0 Å². The van der Waals surface area contributed by atoms with Crippen molar-refractivity contribution < 1.29 is 4.79 Å². The van der Waals surface area contributed by atoms with Crippen LogP contribution in [-0.2, 0) is 0 Å². The van der Waals surface area contributed by atoms with Crippen LogP contribution in [0.2, 0.25) is 0 Å². The number of nitrogen functional groups attached to an aromatic ring is 2. The van der Waals surface area contributed by atoms with Crippen molar-refractivity contribution >= 4 is 17.3 Å². The monoisotopic (exact) mass is 228 g/mol. The van der Waals surface area contributed by atoms with Crippen molar-refractivity contribution in [3.63, 3.8) is 0 Å². The molecule has 86 valence electrons. The molecule has 0 aliphatic carbocycles. The molecule has 0 aliphatic heterocycles. The van der Waals surface area contributed by atoms with Gasteiger partial charge in [0, 0.05) is 12.4 Å². The lowest BCUT2D eigenvalue weighted by Crippen LogP contribution is -2.12. The lowest BCUT2D eigenvalue weighted by atomic mass is 10.0. The maximum atomic E-state index is 12.2. The van der Waals surface area contributed by atoms with Gasteiger partial charge in [0.05, 0.1) is 11.3 Å². The largest absolute Gasteiger partial charge is 0.397 e. The number of hydrogen-bond acceptors (Lipinski definition) is 5. The molecule has 0 atom stereocenters. The third kappa shape index (κ3) is 1.94. The topological polar surface area (TPSA) is 94.9 Å². The zero-order chi connectivity index (χ0) is 12.4. The van der Waals surface area contributed by atoms with E-state index in [1.54, 1.807) is 31.3 Å². The number of nitrogens with zero attached hydrogens (tertiary/aromatic N) is 2. The molecule has 0 radical (unpaired) electrons. The Hall–Kier alpha value is -2.43. The molecule has 0 spiro atoms. The van der Waals surface area contributed by atoms with Crippen LogP contribution >= 0.6 is 0 Å². The van der Waals surface area contributed by atoms with Gasteiger partial charge < -0.3 is 11.5 Å². The number of ketones is 1. The zero-order valence-electron chi connectivity index (χ0n) is 9.34. The summed E-state index contributed by atoms with van der Waals surface area (Å²) >= 11 is 0. The van der Waals surface area contributed by atoms with Crippen LogP contribution < -0.4 is 11.5 Å². The molecule has 5 nitrogen and oxygen atoms in total. The highest BCUT2D eigenvalue weighted by Crippen LogP contribution is 2.20. The highest BCUT2D eigenvalue weighted by molar-refractivity contribution is 6.13. The predicted octanol–water partition coefficient (Wildman–Crippen LogP) is 1.18. The lowest BCUT2D eigenvalue weighted by molar-refractivity contribution is 0.103. The van der Waals surface area contributed by atoms with E-state index >= 15 is 0 Å². The molecule has 0 saturated carbocycles. The average Bonchev–Trinajstić information content (AvgIpc) is 2.29. The van der Waals surface area contributed by atoms with Crippen LogP contribution in [0.4, 0.5) is 11.5 Å². The Morgan fingerprint density at radius 3 is 2.59 bits per heavy atom. The van der Waals surface area contributed by atoms with Gasteiger partial charge in [0.25, 0.3) is 0 Å². The Morgan fingerprint density at radius 2 is 1.94 bits per heavy atom. The number of carbonyl (C=O) groups excluding carboxylic acids is 1. The Labute approximate surface area is 98.5 Å². The van der Waals surface area contributed by atoms with E-state index < -0.39 is 0 Å². The van der Waals surface area contributed by atoms with Crippen LogP contribution in [0.5, 0.6) is 0 Å². The van der Waals surface area contributed by atoms with Gasteiger partial charge in [-0.1, -0.05) is 0 Å². The molecule has 0 bridgehead atoms. The molecular weight excluding hydrogens is 216 g/mol. The van der Waals surface area contributed by atoms with E-state index in [0.717, 1.165) is 5.56 Å². The summed E-state index contributed by atoms with van der Waals surface area (Å²) in [5.74, 6) is -0.105. The summed E-state index contributed by atoms with van der Waals surface area (Å²) in [6.07, 6.45) is 3.08. The Morgan fingerprint density at radius 1 is 1.18 bits per heavy atom. The maximum absolute atomic E-state index is 12.2. The van der Waals surface area contributed by atoms with Crippen molar-refractivity contribution in [2.24, 2.45) is 0 Å². The highest BCUT2D eigenvalue weighted by Gasteiger charge is 2.18. The fourth-order valence-electron chi connectivity index (χ4n) is 1.60. The molecule has 0 aliphatic rings. The number of aromatic nitrogens is 2. The number of aryl methyl sites for hydroxylation is 1. The van der Waals surface area contributed by atoms with Crippen molar-refractivity contribution in [2.45, 2.75) is 6.92 Å². The molecule has 2 aromatic heterocycles. The van der Waals surface area contributed by atoms with E-state index in [2.05, 4.69) is 9.97 Å². The minimum atomic E-state index is -0.300. The quantitative estimate of drug-likeness (QED) is 0.752. The van der Waals surface area contributed by atoms with Crippen LogP contribution in [-0.4, -0.2) is 15.8 Å². The van der Waals surface area contributed by atoms with Gasteiger partial charge in [-0.15, -0.1) is 0 Å². The molecule has 2 heterocycles. The number of hydrogen-bond donors (Lipinski definition) is 2. The smallest absolute Gasteiger partial charge is 0.217 e. The summed E-state index contributed by atoms with van der Waals surface area (Å²) in [5.41, 5.74) is 13.1. The van der Waals surface area contributed by atoms with E-state index in [9.17, 15) is 4.79 Å². The molecule has 0 saturated heterocycles. The molecule has 0 aromatic carbocycles. The first-order valence-corrected chi connectivity index (χ1v) is 5.07. The number of pyridine rings is 2. The normalized spacial score (nSPS) is 10.2. The molecule has 0 fully saturated rings. The summed E-state index contributed by atoms with van der Waals surface area (Å²) < 4.78 is 0. The third-order valence-corrected chi connectivity index (χ3v) is 2.47. The predicted molar refractivity (Wildman–Crippen MR) is 65.5 cm³/mol. The zero-order valence-corrected chi connectivity index (χ0v) is 9.34. The molecule has 0 unspecified atom stereocenters. The minimum Gasteiger partial charge on any atom is -0.397 e. The summed E-state index contributed by atoms with van der Waals surface area (Å²) in [5, 5.41) is 0.